The molecule has 1 aliphatic rings. The van der Waals surface area contributed by atoms with Gasteiger partial charge in [-0.1, -0.05) is 32.6 Å². The lowest BCUT2D eigenvalue weighted by atomic mass is 9.69. The normalized spacial score (nSPS) is 22.5. The minimum atomic E-state index is 0.655. The lowest BCUT2D eigenvalue weighted by molar-refractivity contribution is 0.159. The van der Waals surface area contributed by atoms with Gasteiger partial charge in [0, 0.05) is 0 Å². The van der Waals surface area contributed by atoms with Gasteiger partial charge in [0.25, 0.3) is 0 Å². The van der Waals surface area contributed by atoms with Gasteiger partial charge in [-0.15, -0.1) is 0 Å². The van der Waals surface area contributed by atoms with E-state index in [1.54, 1.807) is 0 Å². The number of hydrogen-bond acceptors (Lipinski definition) is 1. The molecule has 1 heteroatoms. The molecule has 1 saturated carbocycles. The molecule has 0 amide bonds. The molecule has 0 aromatic heterocycles. The zero-order valence-corrected chi connectivity index (χ0v) is 8.44. The van der Waals surface area contributed by atoms with Crippen molar-refractivity contribution in [3.05, 3.63) is 0 Å². The molecule has 0 aromatic rings. The van der Waals surface area contributed by atoms with Gasteiger partial charge >= 0.3 is 0 Å². The maximum absolute atomic E-state index is 5.67. The molecule has 72 valence electrons. The topological polar surface area (TPSA) is 26.0 Å². The fourth-order valence-electron chi connectivity index (χ4n) is 2.76. The summed E-state index contributed by atoms with van der Waals surface area (Å²) in [5, 5.41) is 0. The molecule has 12 heavy (non-hydrogen) atoms. The second kappa shape index (κ2) is 4.86. The summed E-state index contributed by atoms with van der Waals surface area (Å²) < 4.78 is 0. The third-order valence-electron chi connectivity index (χ3n) is 3.37. The van der Waals surface area contributed by atoms with Crippen LogP contribution in [0.2, 0.25) is 0 Å². The summed E-state index contributed by atoms with van der Waals surface area (Å²) in [4.78, 5) is 0. The first-order chi connectivity index (χ1) is 5.83. The molecule has 0 bridgehead atoms. The Morgan fingerprint density at radius 1 is 1.08 bits per heavy atom. The van der Waals surface area contributed by atoms with Crippen molar-refractivity contribution in [2.45, 2.75) is 58.3 Å². The highest BCUT2D eigenvalue weighted by Crippen LogP contribution is 2.42. The second-order valence-electron chi connectivity index (χ2n) is 4.35. The summed E-state index contributed by atoms with van der Waals surface area (Å²) in [7, 11) is 0. The molecule has 2 N–H and O–H groups in total. The number of nitrogens with two attached hydrogens (primary N) is 1. The van der Waals surface area contributed by atoms with E-state index in [1.807, 2.05) is 0 Å². The van der Waals surface area contributed by atoms with Crippen LogP contribution in [0.15, 0.2) is 0 Å². The molecule has 1 fully saturated rings. The van der Waals surface area contributed by atoms with E-state index < -0.39 is 0 Å². The molecule has 0 atom stereocenters. The van der Waals surface area contributed by atoms with Gasteiger partial charge in [-0.25, -0.2) is 0 Å². The van der Waals surface area contributed by atoms with E-state index in [0.717, 1.165) is 6.54 Å². The summed E-state index contributed by atoms with van der Waals surface area (Å²) in [5.74, 6) is 0. The van der Waals surface area contributed by atoms with Gasteiger partial charge in [0.2, 0.25) is 0 Å². The van der Waals surface area contributed by atoms with Crippen LogP contribution >= 0.6 is 0 Å². The second-order valence-corrected chi connectivity index (χ2v) is 4.35. The molecule has 1 aliphatic carbocycles. The monoisotopic (exact) mass is 169 g/mol. The third kappa shape index (κ3) is 2.48. The predicted molar refractivity (Wildman–Crippen MR) is 54.1 cm³/mol. The Balaban J connectivity index is 2.44. The van der Waals surface area contributed by atoms with Crippen LogP contribution in [-0.4, -0.2) is 6.54 Å². The van der Waals surface area contributed by atoms with Crippen LogP contribution in [0, 0.1) is 5.41 Å². The lowest BCUT2D eigenvalue weighted by Gasteiger charge is -2.37. The molecule has 0 aromatic carbocycles. The quantitative estimate of drug-likeness (QED) is 0.687. The molecule has 1 nitrogen and oxygen atoms in total. The van der Waals surface area contributed by atoms with Crippen molar-refractivity contribution in [1.29, 1.82) is 0 Å². The van der Waals surface area contributed by atoms with E-state index in [9.17, 15) is 0 Å². The van der Waals surface area contributed by atoms with Crippen molar-refractivity contribution in [2.75, 3.05) is 6.54 Å². The highest BCUT2D eigenvalue weighted by Gasteiger charge is 2.29. The molecule has 0 aliphatic heterocycles. The molecule has 0 saturated heterocycles. The molecule has 0 radical (unpaired) electrons. The van der Waals surface area contributed by atoms with Gasteiger partial charge in [-0.2, -0.15) is 0 Å². The van der Waals surface area contributed by atoms with Gasteiger partial charge < -0.3 is 5.73 Å². The first-order valence-corrected chi connectivity index (χ1v) is 5.53. The van der Waals surface area contributed by atoms with E-state index in [2.05, 4.69) is 6.92 Å². The minimum Gasteiger partial charge on any atom is -0.330 e. The first-order valence-electron chi connectivity index (χ1n) is 5.53. The fraction of sp³-hybridized carbons (Fsp3) is 1.00. The smallest absolute Gasteiger partial charge is 0.00720 e. The van der Waals surface area contributed by atoms with Crippen LogP contribution in [0.5, 0.6) is 0 Å². The first kappa shape index (κ1) is 10.0. The van der Waals surface area contributed by atoms with E-state index in [0.29, 0.717) is 5.41 Å². The zero-order chi connectivity index (χ0) is 8.86. The highest BCUT2D eigenvalue weighted by atomic mass is 14.5. The van der Waals surface area contributed by atoms with Crippen molar-refractivity contribution in [1.82, 2.24) is 0 Å². The van der Waals surface area contributed by atoms with Crippen LogP contribution in [0.4, 0.5) is 0 Å². The molecular weight excluding hydrogens is 146 g/mol. The molecule has 0 unspecified atom stereocenters. The largest absolute Gasteiger partial charge is 0.330 e. The number of rotatable bonds is 4. The molecule has 0 heterocycles. The van der Waals surface area contributed by atoms with Gasteiger partial charge in [0.05, 0.1) is 0 Å². The van der Waals surface area contributed by atoms with Gasteiger partial charge in [-0.3, -0.25) is 0 Å². The summed E-state index contributed by atoms with van der Waals surface area (Å²) in [6, 6.07) is 0. The summed E-state index contributed by atoms with van der Waals surface area (Å²) in [6.45, 7) is 3.19. The standard InChI is InChI=1S/C11H23N/c1-2-6-11(9-10-12)7-4-3-5-8-11/h2-10,12H2,1H3. The Bertz CT molecular complexity index is 98.7. The number of hydrogen-bond donors (Lipinski definition) is 1. The van der Waals surface area contributed by atoms with Crippen molar-refractivity contribution >= 4 is 0 Å². The third-order valence-corrected chi connectivity index (χ3v) is 3.37. The van der Waals surface area contributed by atoms with Gasteiger partial charge in [0.1, 0.15) is 0 Å². The van der Waals surface area contributed by atoms with Crippen LogP contribution in [-0.2, 0) is 0 Å². The highest BCUT2D eigenvalue weighted by molar-refractivity contribution is 4.82. The van der Waals surface area contributed by atoms with Crippen LogP contribution in [0.1, 0.15) is 58.3 Å². The van der Waals surface area contributed by atoms with E-state index in [1.165, 1.54) is 51.4 Å². The van der Waals surface area contributed by atoms with Crippen molar-refractivity contribution < 1.29 is 0 Å². The van der Waals surface area contributed by atoms with Crippen molar-refractivity contribution in [2.24, 2.45) is 11.1 Å². The lowest BCUT2D eigenvalue weighted by Crippen LogP contribution is -2.27. The van der Waals surface area contributed by atoms with Gasteiger partial charge in [0.15, 0.2) is 0 Å². The average Bonchev–Trinajstić information content (AvgIpc) is 2.07. The SMILES string of the molecule is CCCC1(CCN)CCCCC1. The summed E-state index contributed by atoms with van der Waals surface area (Å²) in [6.07, 6.45) is 11.2. The van der Waals surface area contributed by atoms with E-state index >= 15 is 0 Å². The Morgan fingerprint density at radius 3 is 2.25 bits per heavy atom. The summed E-state index contributed by atoms with van der Waals surface area (Å²) in [5.41, 5.74) is 6.33. The molecular formula is C11H23N. The maximum Gasteiger partial charge on any atom is -0.00720 e. The summed E-state index contributed by atoms with van der Waals surface area (Å²) >= 11 is 0. The minimum absolute atomic E-state index is 0.655. The molecule has 0 spiro atoms. The Labute approximate surface area is 76.7 Å². The van der Waals surface area contributed by atoms with Crippen LogP contribution < -0.4 is 5.73 Å². The fourth-order valence-corrected chi connectivity index (χ4v) is 2.76. The van der Waals surface area contributed by atoms with Crippen molar-refractivity contribution in [3.8, 4) is 0 Å². The van der Waals surface area contributed by atoms with Crippen LogP contribution in [0.3, 0.4) is 0 Å². The van der Waals surface area contributed by atoms with Crippen molar-refractivity contribution in [3.63, 3.8) is 0 Å². The van der Waals surface area contributed by atoms with Gasteiger partial charge in [-0.05, 0) is 37.6 Å². The average molecular weight is 169 g/mol. The Kier molecular flexibility index (Phi) is 4.07. The Hall–Kier alpha value is -0.0400. The van der Waals surface area contributed by atoms with E-state index in [4.69, 9.17) is 5.73 Å². The maximum atomic E-state index is 5.67. The van der Waals surface area contributed by atoms with E-state index in [-0.39, 0.29) is 0 Å². The molecule has 1 rings (SSSR count). The van der Waals surface area contributed by atoms with Crippen LogP contribution in [0.25, 0.3) is 0 Å². The zero-order valence-electron chi connectivity index (χ0n) is 8.44. The predicted octanol–water partition coefficient (Wildman–Crippen LogP) is 3.09. The Morgan fingerprint density at radius 2 is 1.75 bits per heavy atom.